The summed E-state index contributed by atoms with van der Waals surface area (Å²) in [4.78, 5) is 24.3. The molecule has 2 heterocycles. The Bertz CT molecular complexity index is 1780. The van der Waals surface area contributed by atoms with Gasteiger partial charge in [0.15, 0.2) is 23.0 Å². The van der Waals surface area contributed by atoms with E-state index < -0.39 is 40.3 Å². The van der Waals surface area contributed by atoms with Gasteiger partial charge in [0.1, 0.15) is 23.7 Å². The Morgan fingerprint density at radius 3 is 2.36 bits per heavy atom. The number of ether oxygens (including phenoxy) is 1. The number of anilines is 3. The monoisotopic (exact) mass is 572 g/mol. The number of imidazole rings is 1. The van der Waals surface area contributed by atoms with Gasteiger partial charge in [-0.05, 0) is 36.6 Å². The highest BCUT2D eigenvalue weighted by molar-refractivity contribution is 5.93. The average Bonchev–Trinajstić information content (AvgIpc) is 3.71. The molecule has 1 N–H and O–H groups in total. The summed E-state index contributed by atoms with van der Waals surface area (Å²) >= 11 is 0. The number of hydrogen-bond donors (Lipinski definition) is 1. The van der Waals surface area contributed by atoms with Gasteiger partial charge in [-0.15, -0.1) is 5.10 Å². The summed E-state index contributed by atoms with van der Waals surface area (Å²) in [6.45, 7) is 5.98. The lowest BCUT2D eigenvalue weighted by atomic mass is 9.91. The van der Waals surface area contributed by atoms with Crippen molar-refractivity contribution in [3.8, 4) is 17.9 Å². The van der Waals surface area contributed by atoms with Crippen LogP contribution in [0.3, 0.4) is 0 Å². The summed E-state index contributed by atoms with van der Waals surface area (Å²) in [5.74, 6) is -1.97. The van der Waals surface area contributed by atoms with Gasteiger partial charge in [0.05, 0.1) is 24.1 Å². The van der Waals surface area contributed by atoms with Crippen LogP contribution in [-0.4, -0.2) is 43.9 Å². The van der Waals surface area contributed by atoms with Crippen LogP contribution in [0.4, 0.5) is 31.0 Å². The number of nitrogens with zero attached hydrogens (tertiary/aromatic N) is 8. The Kier molecular flexibility index (Phi) is 7.12. The second-order valence-electron chi connectivity index (χ2n) is 10.9. The lowest BCUT2D eigenvalue weighted by molar-refractivity contribution is 0.204. The molecule has 1 fully saturated rings. The van der Waals surface area contributed by atoms with Crippen molar-refractivity contribution in [2.24, 2.45) is 0 Å². The van der Waals surface area contributed by atoms with E-state index in [9.17, 15) is 24.8 Å². The van der Waals surface area contributed by atoms with E-state index in [2.05, 4.69) is 16.2 Å². The number of carbonyl (C=O) groups is 1. The number of benzene rings is 2. The molecule has 0 saturated heterocycles. The molecule has 0 atom stereocenters. The minimum atomic E-state index is -1.68. The average molecular weight is 573 g/mol. The van der Waals surface area contributed by atoms with Gasteiger partial charge >= 0.3 is 6.09 Å². The molecule has 2 aromatic carbocycles. The zero-order chi connectivity index (χ0) is 30.3. The van der Waals surface area contributed by atoms with Crippen molar-refractivity contribution in [1.82, 2.24) is 19.6 Å². The maximum atomic E-state index is 15.0. The van der Waals surface area contributed by atoms with Gasteiger partial charge in [0.2, 0.25) is 0 Å². The van der Waals surface area contributed by atoms with Crippen LogP contribution < -0.4 is 14.5 Å². The second kappa shape index (κ2) is 10.6. The maximum Gasteiger partial charge on any atom is 0.419 e. The molecule has 0 spiro atoms. The van der Waals surface area contributed by atoms with E-state index in [-0.39, 0.29) is 23.2 Å². The van der Waals surface area contributed by atoms with Crippen molar-refractivity contribution < 1.29 is 23.4 Å². The van der Waals surface area contributed by atoms with Gasteiger partial charge < -0.3 is 14.7 Å². The summed E-state index contributed by atoms with van der Waals surface area (Å²) in [5.41, 5.74) is -0.189. The third kappa shape index (κ3) is 5.12. The summed E-state index contributed by atoms with van der Waals surface area (Å²) in [6, 6.07) is 12.4. The number of amides is 1. The van der Waals surface area contributed by atoms with Crippen molar-refractivity contribution in [1.29, 1.82) is 10.5 Å². The van der Waals surface area contributed by atoms with Crippen molar-refractivity contribution in [2.45, 2.75) is 51.6 Å². The quantitative estimate of drug-likeness (QED) is 0.306. The Hall–Kier alpha value is -5.30. The van der Waals surface area contributed by atoms with Crippen LogP contribution in [0.2, 0.25) is 0 Å². The zero-order valence-corrected chi connectivity index (χ0v) is 23.3. The van der Waals surface area contributed by atoms with E-state index in [1.165, 1.54) is 4.52 Å². The minimum Gasteiger partial charge on any atom is -0.497 e. The molecule has 0 radical (unpaired) electrons. The zero-order valence-electron chi connectivity index (χ0n) is 23.3. The number of methoxy groups -OCH3 is 1. The standard InChI is InChI=1S/C29H26F2N8O3/c1-29(2,3)24-23(14-33)39-26(34-24)25(37(18-7-8-18)15-16-5-9-19(42-4)10-6-16)35-27(36-39)38(28(40)41)22-11-17(13-32)20(30)12-21(22)31/h5-6,9-12,18H,7-8,15H2,1-4H3,(H,40,41). The second-order valence-corrected chi connectivity index (χ2v) is 10.9. The molecule has 1 aliphatic carbocycles. The van der Waals surface area contributed by atoms with Crippen molar-refractivity contribution in [2.75, 3.05) is 16.9 Å². The highest BCUT2D eigenvalue weighted by Crippen LogP contribution is 2.38. The van der Waals surface area contributed by atoms with Gasteiger partial charge in [-0.2, -0.15) is 20.0 Å². The van der Waals surface area contributed by atoms with Crippen molar-refractivity contribution in [3.63, 3.8) is 0 Å². The van der Waals surface area contributed by atoms with Gasteiger partial charge in [-0.3, -0.25) is 0 Å². The molecule has 1 saturated carbocycles. The number of fused-ring (bicyclic) bond motifs is 1. The molecule has 42 heavy (non-hydrogen) atoms. The summed E-state index contributed by atoms with van der Waals surface area (Å²) < 4.78 is 35.6. The minimum absolute atomic E-state index is 0.0324. The van der Waals surface area contributed by atoms with Gasteiger partial charge in [-0.25, -0.2) is 23.5 Å². The normalized spacial score (nSPS) is 13.0. The van der Waals surface area contributed by atoms with E-state index in [0.29, 0.717) is 29.0 Å². The van der Waals surface area contributed by atoms with Crippen LogP contribution in [0.15, 0.2) is 36.4 Å². The largest absolute Gasteiger partial charge is 0.497 e. The van der Waals surface area contributed by atoms with Crippen LogP contribution in [0.5, 0.6) is 5.75 Å². The molecule has 0 aliphatic heterocycles. The van der Waals surface area contributed by atoms with E-state index >= 15 is 4.39 Å². The van der Waals surface area contributed by atoms with Crippen LogP contribution in [0, 0.1) is 34.3 Å². The molecular formula is C29H26F2N8O3. The molecule has 214 valence electrons. The number of rotatable bonds is 7. The third-order valence-corrected chi connectivity index (χ3v) is 6.83. The fraction of sp³-hybridized carbons (Fsp3) is 0.310. The molecule has 0 unspecified atom stereocenters. The van der Waals surface area contributed by atoms with Crippen LogP contribution >= 0.6 is 0 Å². The Balaban J connectivity index is 1.78. The Morgan fingerprint density at radius 1 is 1.12 bits per heavy atom. The topological polar surface area (TPSA) is 144 Å². The molecule has 1 aliphatic rings. The highest BCUT2D eigenvalue weighted by atomic mass is 19.1. The van der Waals surface area contributed by atoms with Crippen molar-refractivity contribution in [3.05, 3.63) is 70.5 Å². The Morgan fingerprint density at radius 2 is 1.81 bits per heavy atom. The van der Waals surface area contributed by atoms with Gasteiger partial charge in [0, 0.05) is 24.1 Å². The third-order valence-electron chi connectivity index (χ3n) is 6.83. The number of halogens is 2. The highest BCUT2D eigenvalue weighted by Gasteiger charge is 2.36. The number of aromatic nitrogens is 4. The molecule has 4 aromatic rings. The fourth-order valence-electron chi connectivity index (χ4n) is 4.60. The fourth-order valence-corrected chi connectivity index (χ4v) is 4.60. The first kappa shape index (κ1) is 28.2. The number of nitriles is 2. The molecule has 0 bridgehead atoms. The molecular weight excluding hydrogens is 546 g/mol. The maximum absolute atomic E-state index is 15.0. The summed E-state index contributed by atoms with van der Waals surface area (Å²) in [5, 5.41) is 34.0. The van der Waals surface area contributed by atoms with Gasteiger partial charge in [-0.1, -0.05) is 32.9 Å². The summed E-state index contributed by atoms with van der Waals surface area (Å²) in [7, 11) is 1.57. The lowest BCUT2D eigenvalue weighted by Crippen LogP contribution is -2.31. The van der Waals surface area contributed by atoms with Crippen LogP contribution in [-0.2, 0) is 12.0 Å². The van der Waals surface area contributed by atoms with Crippen molar-refractivity contribution >= 4 is 29.2 Å². The first-order valence-corrected chi connectivity index (χ1v) is 13.0. The predicted octanol–water partition coefficient (Wildman–Crippen LogP) is 5.44. The summed E-state index contributed by atoms with van der Waals surface area (Å²) in [6.07, 6.45) is -0.0155. The number of hydrogen-bond acceptors (Lipinski definition) is 8. The van der Waals surface area contributed by atoms with E-state index in [1.54, 1.807) is 13.2 Å². The molecule has 5 rings (SSSR count). The van der Waals surface area contributed by atoms with E-state index in [4.69, 9.17) is 9.72 Å². The van der Waals surface area contributed by atoms with Crippen LogP contribution in [0.25, 0.3) is 5.65 Å². The van der Waals surface area contributed by atoms with Gasteiger partial charge in [0.25, 0.3) is 5.95 Å². The van der Waals surface area contributed by atoms with E-state index in [1.807, 2.05) is 49.9 Å². The SMILES string of the molecule is COc1ccc(CN(c2nc(N(C(=O)O)c3cc(C#N)c(F)cc3F)nn3c(C#N)c(C(C)(C)C)nc23)C2CC2)cc1. The number of carboxylic acid groups (broad SMARTS) is 1. The van der Waals surface area contributed by atoms with Crippen LogP contribution in [0.1, 0.15) is 56.1 Å². The molecule has 1 amide bonds. The first-order valence-electron chi connectivity index (χ1n) is 13.0. The van der Waals surface area contributed by atoms with E-state index in [0.717, 1.165) is 24.5 Å². The molecule has 13 heteroatoms. The predicted molar refractivity (Wildman–Crippen MR) is 148 cm³/mol. The molecule has 11 nitrogen and oxygen atoms in total. The first-order chi connectivity index (χ1) is 20.0. The Labute approximate surface area is 239 Å². The molecule has 2 aromatic heterocycles. The smallest absolute Gasteiger partial charge is 0.419 e. The lowest BCUT2D eigenvalue weighted by Gasteiger charge is -2.26.